The van der Waals surface area contributed by atoms with Crippen molar-refractivity contribution in [3.05, 3.63) is 23.8 Å². The zero-order chi connectivity index (χ0) is 13.1. The SMILES string of the molecule is CCc1cccc2c1NC(=O)CCN2CC(=O)O. The molecule has 0 saturated carbocycles. The molecule has 5 heteroatoms. The van der Waals surface area contributed by atoms with Crippen molar-refractivity contribution in [3.8, 4) is 0 Å². The summed E-state index contributed by atoms with van der Waals surface area (Å²) in [4.78, 5) is 24.3. The highest BCUT2D eigenvalue weighted by molar-refractivity contribution is 5.98. The summed E-state index contributed by atoms with van der Waals surface area (Å²) < 4.78 is 0. The molecule has 1 aromatic carbocycles. The van der Waals surface area contributed by atoms with Crippen molar-refractivity contribution in [2.24, 2.45) is 0 Å². The number of amides is 1. The zero-order valence-electron chi connectivity index (χ0n) is 10.3. The van der Waals surface area contributed by atoms with E-state index < -0.39 is 5.97 Å². The van der Waals surface area contributed by atoms with E-state index in [4.69, 9.17) is 5.11 Å². The molecular formula is C13H16N2O3. The number of nitrogens with zero attached hydrogens (tertiary/aromatic N) is 1. The van der Waals surface area contributed by atoms with Gasteiger partial charge < -0.3 is 15.3 Å². The fourth-order valence-corrected chi connectivity index (χ4v) is 2.18. The Balaban J connectivity index is 2.45. The lowest BCUT2D eigenvalue weighted by Crippen LogP contribution is -2.30. The average molecular weight is 248 g/mol. The number of nitrogens with one attached hydrogen (secondary N) is 1. The molecular weight excluding hydrogens is 232 g/mol. The largest absolute Gasteiger partial charge is 0.480 e. The first kappa shape index (κ1) is 12.4. The highest BCUT2D eigenvalue weighted by Crippen LogP contribution is 2.32. The maximum atomic E-state index is 11.7. The van der Waals surface area contributed by atoms with Gasteiger partial charge in [-0.3, -0.25) is 9.59 Å². The Morgan fingerprint density at radius 3 is 2.94 bits per heavy atom. The van der Waals surface area contributed by atoms with Gasteiger partial charge in [0.05, 0.1) is 11.4 Å². The second kappa shape index (κ2) is 5.08. The van der Waals surface area contributed by atoms with Crippen LogP contribution in [0.2, 0.25) is 0 Å². The number of hydrogen-bond donors (Lipinski definition) is 2. The van der Waals surface area contributed by atoms with E-state index in [0.29, 0.717) is 13.0 Å². The molecule has 0 fully saturated rings. The van der Waals surface area contributed by atoms with Crippen molar-refractivity contribution in [1.29, 1.82) is 0 Å². The minimum Gasteiger partial charge on any atom is -0.480 e. The molecule has 0 spiro atoms. The summed E-state index contributed by atoms with van der Waals surface area (Å²) in [5, 5.41) is 11.8. The number of carboxylic acids is 1. The standard InChI is InChI=1S/C13H16N2O3/c1-2-9-4-3-5-10-13(9)14-11(16)6-7-15(10)8-12(17)18/h3-5H,2,6-8H2,1H3,(H,14,16)(H,17,18). The lowest BCUT2D eigenvalue weighted by molar-refractivity contribution is -0.135. The van der Waals surface area contributed by atoms with Gasteiger partial charge in [-0.05, 0) is 18.1 Å². The Kier molecular flexibility index (Phi) is 3.50. The third-order valence-electron chi connectivity index (χ3n) is 3.05. The van der Waals surface area contributed by atoms with Gasteiger partial charge >= 0.3 is 5.97 Å². The number of para-hydroxylation sites is 1. The Morgan fingerprint density at radius 1 is 1.50 bits per heavy atom. The highest BCUT2D eigenvalue weighted by atomic mass is 16.4. The van der Waals surface area contributed by atoms with E-state index in [1.165, 1.54) is 0 Å². The molecule has 0 saturated heterocycles. The van der Waals surface area contributed by atoms with Gasteiger partial charge in [-0.2, -0.15) is 0 Å². The number of hydrogen-bond acceptors (Lipinski definition) is 3. The molecule has 2 N–H and O–H groups in total. The molecule has 0 unspecified atom stereocenters. The van der Waals surface area contributed by atoms with Gasteiger partial charge in [0.25, 0.3) is 0 Å². The van der Waals surface area contributed by atoms with Crippen molar-refractivity contribution in [2.75, 3.05) is 23.3 Å². The number of benzene rings is 1. The Hall–Kier alpha value is -2.04. The van der Waals surface area contributed by atoms with Gasteiger partial charge in [0.15, 0.2) is 0 Å². The highest BCUT2D eigenvalue weighted by Gasteiger charge is 2.22. The molecule has 0 atom stereocenters. The minimum atomic E-state index is -0.891. The molecule has 1 aromatic rings. The maximum absolute atomic E-state index is 11.7. The first-order valence-electron chi connectivity index (χ1n) is 6.00. The summed E-state index contributed by atoms with van der Waals surface area (Å²) >= 11 is 0. The quantitative estimate of drug-likeness (QED) is 0.850. The van der Waals surface area contributed by atoms with Crippen LogP contribution in [0.3, 0.4) is 0 Å². The van der Waals surface area contributed by atoms with Crippen LogP contribution in [-0.4, -0.2) is 30.1 Å². The van der Waals surface area contributed by atoms with Gasteiger partial charge in [-0.1, -0.05) is 19.1 Å². The average Bonchev–Trinajstić information content (AvgIpc) is 2.48. The molecule has 0 aromatic heterocycles. The number of fused-ring (bicyclic) bond motifs is 1. The normalized spacial score (nSPS) is 14.7. The van der Waals surface area contributed by atoms with E-state index >= 15 is 0 Å². The molecule has 1 heterocycles. The smallest absolute Gasteiger partial charge is 0.323 e. The number of aliphatic carboxylic acids is 1. The van der Waals surface area contributed by atoms with Crippen LogP contribution >= 0.6 is 0 Å². The zero-order valence-corrected chi connectivity index (χ0v) is 10.3. The van der Waals surface area contributed by atoms with E-state index in [-0.39, 0.29) is 12.5 Å². The number of anilines is 2. The Labute approximate surface area is 105 Å². The van der Waals surface area contributed by atoms with Crippen LogP contribution in [-0.2, 0) is 16.0 Å². The predicted molar refractivity (Wildman–Crippen MR) is 68.9 cm³/mol. The van der Waals surface area contributed by atoms with Crippen LogP contribution in [0, 0.1) is 0 Å². The second-order valence-electron chi connectivity index (χ2n) is 4.28. The monoisotopic (exact) mass is 248 g/mol. The summed E-state index contributed by atoms with van der Waals surface area (Å²) in [5.74, 6) is -0.956. The summed E-state index contributed by atoms with van der Waals surface area (Å²) in [5.41, 5.74) is 2.57. The van der Waals surface area contributed by atoms with Crippen LogP contribution in [0.1, 0.15) is 18.9 Å². The third kappa shape index (κ3) is 2.45. The summed E-state index contributed by atoms with van der Waals surface area (Å²) in [6.45, 7) is 2.35. The molecule has 18 heavy (non-hydrogen) atoms. The van der Waals surface area contributed by atoms with Crippen LogP contribution in [0.25, 0.3) is 0 Å². The van der Waals surface area contributed by atoms with E-state index in [2.05, 4.69) is 5.32 Å². The first-order chi connectivity index (χ1) is 8.61. The van der Waals surface area contributed by atoms with E-state index in [1.807, 2.05) is 25.1 Å². The summed E-state index contributed by atoms with van der Waals surface area (Å²) in [7, 11) is 0. The maximum Gasteiger partial charge on any atom is 0.323 e. The first-order valence-corrected chi connectivity index (χ1v) is 6.00. The molecule has 5 nitrogen and oxygen atoms in total. The second-order valence-corrected chi connectivity index (χ2v) is 4.28. The molecule has 0 radical (unpaired) electrons. The van der Waals surface area contributed by atoms with Crippen molar-refractivity contribution < 1.29 is 14.7 Å². The molecule has 1 amide bonds. The fourth-order valence-electron chi connectivity index (χ4n) is 2.18. The van der Waals surface area contributed by atoms with Crippen molar-refractivity contribution in [1.82, 2.24) is 0 Å². The minimum absolute atomic E-state index is 0.0648. The van der Waals surface area contributed by atoms with Gasteiger partial charge in [-0.15, -0.1) is 0 Å². The number of rotatable bonds is 3. The number of carbonyl (C=O) groups is 2. The Morgan fingerprint density at radius 2 is 2.28 bits per heavy atom. The summed E-state index contributed by atoms with van der Waals surface area (Å²) in [6.07, 6.45) is 1.11. The molecule has 0 aliphatic carbocycles. The molecule has 96 valence electrons. The molecule has 1 aliphatic rings. The van der Waals surface area contributed by atoms with Gasteiger partial charge in [0, 0.05) is 13.0 Å². The van der Waals surface area contributed by atoms with Crippen LogP contribution < -0.4 is 10.2 Å². The Bertz CT molecular complexity index is 485. The van der Waals surface area contributed by atoms with Gasteiger partial charge in [0.1, 0.15) is 6.54 Å². The molecule has 2 rings (SSSR count). The van der Waals surface area contributed by atoms with Gasteiger partial charge in [-0.25, -0.2) is 0 Å². The van der Waals surface area contributed by atoms with Crippen molar-refractivity contribution in [2.45, 2.75) is 19.8 Å². The third-order valence-corrected chi connectivity index (χ3v) is 3.05. The summed E-state index contributed by atoms with van der Waals surface area (Å²) in [6, 6.07) is 5.69. The molecule has 0 bridgehead atoms. The lowest BCUT2D eigenvalue weighted by atomic mass is 10.1. The van der Waals surface area contributed by atoms with Crippen LogP contribution in [0.15, 0.2) is 18.2 Å². The number of carbonyl (C=O) groups excluding carboxylic acids is 1. The molecule has 1 aliphatic heterocycles. The predicted octanol–water partition coefficient (Wildman–Crippen LogP) is 1.48. The van der Waals surface area contributed by atoms with Crippen molar-refractivity contribution >= 4 is 23.3 Å². The van der Waals surface area contributed by atoms with E-state index in [9.17, 15) is 9.59 Å². The van der Waals surface area contributed by atoms with Crippen LogP contribution in [0.4, 0.5) is 11.4 Å². The number of carboxylic acid groups (broad SMARTS) is 1. The van der Waals surface area contributed by atoms with E-state index in [1.54, 1.807) is 4.90 Å². The topological polar surface area (TPSA) is 69.6 Å². The van der Waals surface area contributed by atoms with Crippen molar-refractivity contribution in [3.63, 3.8) is 0 Å². The van der Waals surface area contributed by atoms with Crippen LogP contribution in [0.5, 0.6) is 0 Å². The van der Waals surface area contributed by atoms with E-state index in [0.717, 1.165) is 23.4 Å². The lowest BCUT2D eigenvalue weighted by Gasteiger charge is -2.23. The number of aryl methyl sites for hydroxylation is 1. The van der Waals surface area contributed by atoms with Gasteiger partial charge in [0.2, 0.25) is 5.91 Å². The fraction of sp³-hybridized carbons (Fsp3) is 0.385.